The molecule has 1 atom stereocenters. The highest BCUT2D eigenvalue weighted by Crippen LogP contribution is 2.29. The molecule has 2 aliphatic heterocycles. The highest BCUT2D eigenvalue weighted by Gasteiger charge is 2.25. The fourth-order valence-corrected chi connectivity index (χ4v) is 3.41. The Hall–Kier alpha value is -1.10. The smallest absolute Gasteiger partial charge is 0.123 e. The number of benzene rings is 1. The largest absolute Gasteiger partial charge is 0.488 e. The van der Waals surface area contributed by atoms with Crippen LogP contribution >= 0.6 is 0 Å². The average molecular weight is 290 g/mol. The van der Waals surface area contributed by atoms with E-state index >= 15 is 0 Å². The van der Waals surface area contributed by atoms with Crippen LogP contribution in [0.3, 0.4) is 0 Å². The number of aryl methyl sites for hydroxylation is 1. The van der Waals surface area contributed by atoms with Gasteiger partial charge < -0.3 is 9.84 Å². The van der Waals surface area contributed by atoms with E-state index in [9.17, 15) is 0 Å². The highest BCUT2D eigenvalue weighted by atomic mass is 16.5. The lowest BCUT2D eigenvalue weighted by Gasteiger charge is -2.24. The van der Waals surface area contributed by atoms with E-state index in [1.54, 1.807) is 0 Å². The Morgan fingerprint density at radius 1 is 1.19 bits per heavy atom. The summed E-state index contributed by atoms with van der Waals surface area (Å²) in [5.74, 6) is 1.07. The zero-order chi connectivity index (χ0) is 14.7. The van der Waals surface area contributed by atoms with E-state index in [-0.39, 0.29) is 6.61 Å². The molecule has 1 N–H and O–H groups in total. The summed E-state index contributed by atoms with van der Waals surface area (Å²) < 4.78 is 6.08. The first-order chi connectivity index (χ1) is 10.2. The molecule has 116 valence electrons. The molecule has 0 spiro atoms. The minimum atomic E-state index is 0.264. The maximum absolute atomic E-state index is 9.05. The van der Waals surface area contributed by atoms with Gasteiger partial charge in [-0.1, -0.05) is 17.7 Å². The summed E-state index contributed by atoms with van der Waals surface area (Å²) in [4.78, 5) is 4.87. The number of nitrogens with zero attached hydrogens (tertiary/aromatic N) is 2. The summed E-state index contributed by atoms with van der Waals surface area (Å²) >= 11 is 0. The van der Waals surface area contributed by atoms with Gasteiger partial charge in [-0.3, -0.25) is 9.80 Å². The highest BCUT2D eigenvalue weighted by molar-refractivity contribution is 5.40. The molecular weight excluding hydrogens is 264 g/mol. The van der Waals surface area contributed by atoms with Crippen LogP contribution in [0.15, 0.2) is 18.2 Å². The maximum atomic E-state index is 9.05. The van der Waals surface area contributed by atoms with Gasteiger partial charge >= 0.3 is 0 Å². The number of aliphatic hydroxyl groups is 1. The van der Waals surface area contributed by atoms with Gasteiger partial charge in [-0.05, 0) is 38.1 Å². The molecule has 1 saturated heterocycles. The minimum absolute atomic E-state index is 0.264. The third-order valence-electron chi connectivity index (χ3n) is 4.52. The van der Waals surface area contributed by atoms with Crippen LogP contribution < -0.4 is 4.74 Å². The Labute approximate surface area is 127 Å². The van der Waals surface area contributed by atoms with Gasteiger partial charge in [0.2, 0.25) is 0 Å². The van der Waals surface area contributed by atoms with Crippen molar-refractivity contribution in [2.75, 3.05) is 45.9 Å². The van der Waals surface area contributed by atoms with Gasteiger partial charge in [0.05, 0.1) is 6.61 Å². The maximum Gasteiger partial charge on any atom is 0.123 e. The SMILES string of the molecule is Cc1ccc2c(c1)CC(CN1CCCN(CCO)CC1)O2. The predicted molar refractivity (Wildman–Crippen MR) is 83.9 cm³/mol. The van der Waals surface area contributed by atoms with Gasteiger partial charge in [-0.25, -0.2) is 0 Å². The average Bonchev–Trinajstić information content (AvgIpc) is 2.72. The van der Waals surface area contributed by atoms with Gasteiger partial charge in [0.1, 0.15) is 11.9 Å². The molecule has 3 rings (SSSR count). The van der Waals surface area contributed by atoms with Crippen LogP contribution in [-0.2, 0) is 6.42 Å². The molecule has 0 amide bonds. The lowest BCUT2D eigenvalue weighted by atomic mass is 10.1. The normalized spacial score (nSPS) is 23.6. The van der Waals surface area contributed by atoms with Gasteiger partial charge in [0, 0.05) is 32.6 Å². The quantitative estimate of drug-likeness (QED) is 0.907. The molecule has 1 aromatic carbocycles. The lowest BCUT2D eigenvalue weighted by molar-refractivity contribution is 0.149. The zero-order valence-electron chi connectivity index (χ0n) is 12.9. The van der Waals surface area contributed by atoms with Gasteiger partial charge in [0.25, 0.3) is 0 Å². The number of hydrogen-bond donors (Lipinski definition) is 1. The first kappa shape index (κ1) is 14.8. The second-order valence-electron chi connectivity index (χ2n) is 6.27. The number of hydrogen-bond acceptors (Lipinski definition) is 4. The van der Waals surface area contributed by atoms with Crippen LogP contribution in [0.1, 0.15) is 17.5 Å². The molecule has 1 unspecified atom stereocenters. The standard InChI is InChI=1S/C17H26N2O2/c1-14-3-4-17-15(11-14)12-16(21-17)13-19-6-2-5-18(7-8-19)9-10-20/h3-4,11,16,20H,2,5-10,12-13H2,1H3. The van der Waals surface area contributed by atoms with Crippen LogP contribution in [0, 0.1) is 6.92 Å². The van der Waals surface area contributed by atoms with Crippen molar-refractivity contribution in [2.45, 2.75) is 25.9 Å². The van der Waals surface area contributed by atoms with Crippen LogP contribution in [0.4, 0.5) is 0 Å². The van der Waals surface area contributed by atoms with E-state index < -0.39 is 0 Å². The van der Waals surface area contributed by atoms with E-state index in [2.05, 4.69) is 34.9 Å². The van der Waals surface area contributed by atoms with Crippen molar-refractivity contribution < 1.29 is 9.84 Å². The van der Waals surface area contributed by atoms with E-state index in [0.717, 1.165) is 51.4 Å². The van der Waals surface area contributed by atoms with Crippen molar-refractivity contribution in [3.8, 4) is 5.75 Å². The zero-order valence-corrected chi connectivity index (χ0v) is 12.9. The van der Waals surface area contributed by atoms with Gasteiger partial charge in [-0.2, -0.15) is 0 Å². The van der Waals surface area contributed by atoms with Crippen LogP contribution in [0.2, 0.25) is 0 Å². The van der Waals surface area contributed by atoms with Crippen molar-refractivity contribution in [3.63, 3.8) is 0 Å². The van der Waals surface area contributed by atoms with E-state index in [1.807, 2.05) is 0 Å². The Balaban J connectivity index is 1.52. The van der Waals surface area contributed by atoms with Crippen LogP contribution in [0.25, 0.3) is 0 Å². The summed E-state index contributed by atoms with van der Waals surface area (Å²) in [5, 5.41) is 9.05. The third-order valence-corrected chi connectivity index (χ3v) is 4.52. The summed E-state index contributed by atoms with van der Waals surface area (Å²) in [6.45, 7) is 8.59. The van der Waals surface area contributed by atoms with Crippen LogP contribution in [0.5, 0.6) is 5.75 Å². The Morgan fingerprint density at radius 2 is 2.00 bits per heavy atom. The summed E-state index contributed by atoms with van der Waals surface area (Å²) in [7, 11) is 0. The number of aliphatic hydroxyl groups excluding tert-OH is 1. The van der Waals surface area contributed by atoms with E-state index in [4.69, 9.17) is 9.84 Å². The topological polar surface area (TPSA) is 35.9 Å². The molecule has 21 heavy (non-hydrogen) atoms. The van der Waals surface area contributed by atoms with Crippen molar-refractivity contribution in [2.24, 2.45) is 0 Å². The molecule has 1 fully saturated rings. The molecule has 0 aromatic heterocycles. The molecule has 4 heteroatoms. The molecule has 0 bridgehead atoms. The third kappa shape index (κ3) is 3.76. The molecule has 2 heterocycles. The molecule has 4 nitrogen and oxygen atoms in total. The molecule has 2 aliphatic rings. The lowest BCUT2D eigenvalue weighted by Crippen LogP contribution is -2.38. The van der Waals surface area contributed by atoms with Gasteiger partial charge in [-0.15, -0.1) is 0 Å². The number of ether oxygens (including phenoxy) is 1. The van der Waals surface area contributed by atoms with Crippen molar-refractivity contribution >= 4 is 0 Å². The number of rotatable bonds is 4. The minimum Gasteiger partial charge on any atom is -0.488 e. The second-order valence-corrected chi connectivity index (χ2v) is 6.27. The monoisotopic (exact) mass is 290 g/mol. The Bertz CT molecular complexity index is 478. The number of β-amino-alcohol motifs (C(OH)–C–C–N with tert-alkyl or cyclic N) is 1. The summed E-state index contributed by atoms with van der Waals surface area (Å²) in [5.41, 5.74) is 2.67. The molecule has 0 aliphatic carbocycles. The predicted octanol–water partition coefficient (Wildman–Crippen LogP) is 1.30. The van der Waals surface area contributed by atoms with Crippen molar-refractivity contribution in [1.29, 1.82) is 0 Å². The van der Waals surface area contributed by atoms with E-state index in [1.165, 1.54) is 17.5 Å². The second kappa shape index (κ2) is 6.77. The molecule has 0 saturated carbocycles. The first-order valence-corrected chi connectivity index (χ1v) is 8.06. The Morgan fingerprint density at radius 3 is 2.86 bits per heavy atom. The summed E-state index contributed by atoms with van der Waals surface area (Å²) in [6, 6.07) is 6.48. The van der Waals surface area contributed by atoms with E-state index in [0.29, 0.717) is 6.10 Å². The van der Waals surface area contributed by atoms with Crippen LogP contribution in [-0.4, -0.2) is 66.9 Å². The molecular formula is C17H26N2O2. The summed E-state index contributed by atoms with van der Waals surface area (Å²) in [6.07, 6.45) is 2.51. The fraction of sp³-hybridized carbons (Fsp3) is 0.647. The number of fused-ring (bicyclic) bond motifs is 1. The van der Waals surface area contributed by atoms with Crippen molar-refractivity contribution in [1.82, 2.24) is 9.80 Å². The van der Waals surface area contributed by atoms with Crippen molar-refractivity contribution in [3.05, 3.63) is 29.3 Å². The van der Waals surface area contributed by atoms with Gasteiger partial charge in [0.15, 0.2) is 0 Å². The first-order valence-electron chi connectivity index (χ1n) is 8.06. The molecule has 1 aromatic rings. The fourth-order valence-electron chi connectivity index (χ4n) is 3.41. The molecule has 0 radical (unpaired) electrons. The Kier molecular flexibility index (Phi) is 4.78.